The van der Waals surface area contributed by atoms with Crippen LogP contribution in [0.1, 0.15) is 12.7 Å². The van der Waals surface area contributed by atoms with Crippen LogP contribution in [0, 0.1) is 0 Å². The summed E-state index contributed by atoms with van der Waals surface area (Å²) in [6.07, 6.45) is 1.51. The van der Waals surface area contributed by atoms with Gasteiger partial charge in [-0.25, -0.2) is 8.42 Å². The summed E-state index contributed by atoms with van der Waals surface area (Å²) in [5, 5.41) is 0.114. The Morgan fingerprint density at radius 1 is 1.35 bits per heavy atom. The van der Waals surface area contributed by atoms with E-state index in [0.29, 0.717) is 18.0 Å². The third-order valence-corrected chi connectivity index (χ3v) is 5.24. The molecule has 0 radical (unpaired) electrons. The molecule has 0 fully saturated rings. The van der Waals surface area contributed by atoms with Crippen LogP contribution < -0.4 is 5.73 Å². The molecule has 20 heavy (non-hydrogen) atoms. The Balaban J connectivity index is 2.36. The molecule has 2 aromatic rings. The summed E-state index contributed by atoms with van der Waals surface area (Å²) >= 11 is 5.99. The second-order valence-corrected chi connectivity index (χ2v) is 6.51. The fourth-order valence-electron chi connectivity index (χ4n) is 1.81. The number of nitrogens with two attached hydrogens (primary N) is 1. The number of halogens is 1. The molecule has 0 saturated heterocycles. The zero-order valence-electron chi connectivity index (χ0n) is 10.9. The zero-order chi connectivity index (χ0) is 14.8. The quantitative estimate of drug-likeness (QED) is 0.861. The first kappa shape index (κ1) is 14.9. The lowest BCUT2D eigenvalue weighted by atomic mass is 10.3. The highest BCUT2D eigenvalue weighted by atomic mass is 35.5. The van der Waals surface area contributed by atoms with Crippen molar-refractivity contribution in [3.05, 3.63) is 47.4 Å². The molecule has 0 atom stereocenters. The fraction of sp³-hybridized carbons (Fsp3) is 0.231. The summed E-state index contributed by atoms with van der Waals surface area (Å²) in [5.41, 5.74) is 6.00. The molecule has 0 amide bonds. The van der Waals surface area contributed by atoms with Crippen LogP contribution in [0.15, 0.2) is 45.9 Å². The van der Waals surface area contributed by atoms with Crippen LogP contribution in [0.3, 0.4) is 0 Å². The van der Waals surface area contributed by atoms with E-state index in [-0.39, 0.29) is 16.5 Å². The van der Waals surface area contributed by atoms with Gasteiger partial charge in [0.2, 0.25) is 10.0 Å². The Bertz CT molecular complexity index is 684. The largest absolute Gasteiger partial charge is 0.468 e. The normalized spacial score (nSPS) is 11.9. The standard InChI is InChI=1S/C13H15ClN2O3S/c1-2-16(9-11-4-3-7-19-11)20(17,18)13-6-5-10(15)8-12(13)14/h3-8H,2,9,15H2,1H3. The second-order valence-electron chi connectivity index (χ2n) is 4.20. The molecule has 1 aromatic carbocycles. The van der Waals surface area contributed by atoms with Gasteiger partial charge in [0.15, 0.2) is 0 Å². The molecule has 0 aliphatic rings. The maximum atomic E-state index is 12.6. The van der Waals surface area contributed by atoms with Gasteiger partial charge >= 0.3 is 0 Å². The Labute approximate surface area is 123 Å². The van der Waals surface area contributed by atoms with E-state index >= 15 is 0 Å². The molecule has 1 aromatic heterocycles. The molecule has 0 aliphatic heterocycles. The van der Waals surface area contributed by atoms with Crippen molar-refractivity contribution in [3.8, 4) is 0 Å². The van der Waals surface area contributed by atoms with Crippen molar-refractivity contribution in [2.45, 2.75) is 18.4 Å². The molecule has 0 aliphatic carbocycles. The number of hydrogen-bond acceptors (Lipinski definition) is 4. The molecular formula is C13H15ClN2O3S. The van der Waals surface area contributed by atoms with E-state index in [0.717, 1.165) is 0 Å². The van der Waals surface area contributed by atoms with Gasteiger partial charge in [-0.2, -0.15) is 4.31 Å². The van der Waals surface area contributed by atoms with E-state index in [1.165, 1.54) is 28.8 Å². The molecular weight excluding hydrogens is 300 g/mol. The molecule has 1 heterocycles. The molecule has 2 rings (SSSR count). The Kier molecular flexibility index (Phi) is 4.37. The van der Waals surface area contributed by atoms with Crippen molar-refractivity contribution in [2.24, 2.45) is 0 Å². The van der Waals surface area contributed by atoms with E-state index < -0.39 is 10.0 Å². The van der Waals surface area contributed by atoms with Gasteiger partial charge in [-0.05, 0) is 30.3 Å². The van der Waals surface area contributed by atoms with Gasteiger partial charge in [-0.1, -0.05) is 18.5 Å². The molecule has 2 N–H and O–H groups in total. The third kappa shape index (κ3) is 2.98. The first-order chi connectivity index (χ1) is 9.45. The lowest BCUT2D eigenvalue weighted by Crippen LogP contribution is -2.30. The smallest absolute Gasteiger partial charge is 0.244 e. The Hall–Kier alpha value is -1.50. The van der Waals surface area contributed by atoms with Crippen molar-refractivity contribution in [3.63, 3.8) is 0 Å². The number of furan rings is 1. The van der Waals surface area contributed by atoms with E-state index in [4.69, 9.17) is 21.8 Å². The predicted octanol–water partition coefficient (Wildman–Crippen LogP) is 2.73. The van der Waals surface area contributed by atoms with Crippen molar-refractivity contribution >= 4 is 27.3 Å². The maximum absolute atomic E-state index is 12.6. The molecule has 5 nitrogen and oxygen atoms in total. The van der Waals surface area contributed by atoms with Crippen LogP contribution in [0.25, 0.3) is 0 Å². The van der Waals surface area contributed by atoms with E-state index in [2.05, 4.69) is 0 Å². The average Bonchev–Trinajstić information content (AvgIpc) is 2.88. The summed E-state index contributed by atoms with van der Waals surface area (Å²) in [7, 11) is -3.69. The van der Waals surface area contributed by atoms with Crippen molar-refractivity contribution in [2.75, 3.05) is 12.3 Å². The molecule has 7 heteroatoms. The van der Waals surface area contributed by atoms with Gasteiger partial charge in [-0.3, -0.25) is 0 Å². The molecule has 0 bridgehead atoms. The van der Waals surface area contributed by atoms with Gasteiger partial charge in [0.25, 0.3) is 0 Å². The van der Waals surface area contributed by atoms with Crippen molar-refractivity contribution < 1.29 is 12.8 Å². The van der Waals surface area contributed by atoms with Gasteiger partial charge in [0.05, 0.1) is 17.8 Å². The van der Waals surface area contributed by atoms with Crippen LogP contribution in [0.4, 0.5) is 5.69 Å². The molecule has 0 saturated carbocycles. The minimum atomic E-state index is -3.69. The topological polar surface area (TPSA) is 76.5 Å². The fourth-order valence-corrected chi connectivity index (χ4v) is 3.75. The van der Waals surface area contributed by atoms with Crippen molar-refractivity contribution in [1.82, 2.24) is 4.31 Å². The highest BCUT2D eigenvalue weighted by Gasteiger charge is 2.26. The van der Waals surface area contributed by atoms with Gasteiger partial charge in [-0.15, -0.1) is 0 Å². The van der Waals surface area contributed by atoms with Gasteiger partial charge < -0.3 is 10.2 Å². The van der Waals surface area contributed by atoms with Gasteiger partial charge in [0, 0.05) is 12.2 Å². The molecule has 0 spiro atoms. The van der Waals surface area contributed by atoms with Crippen molar-refractivity contribution in [1.29, 1.82) is 0 Å². The summed E-state index contributed by atoms with van der Waals surface area (Å²) in [4.78, 5) is 0.0433. The lowest BCUT2D eigenvalue weighted by Gasteiger charge is -2.20. The first-order valence-electron chi connectivity index (χ1n) is 6.02. The number of nitrogens with zero attached hydrogens (tertiary/aromatic N) is 1. The maximum Gasteiger partial charge on any atom is 0.244 e. The molecule has 0 unspecified atom stereocenters. The number of nitrogen functional groups attached to an aromatic ring is 1. The van der Waals surface area contributed by atoms with Crippen LogP contribution in [0.5, 0.6) is 0 Å². The summed E-state index contributed by atoms with van der Waals surface area (Å²) < 4.78 is 31.6. The van der Waals surface area contributed by atoms with Crippen LogP contribution in [0.2, 0.25) is 5.02 Å². The number of sulfonamides is 1. The number of benzene rings is 1. The molecule has 108 valence electrons. The van der Waals surface area contributed by atoms with Gasteiger partial charge in [0.1, 0.15) is 10.7 Å². The van der Waals surface area contributed by atoms with E-state index in [9.17, 15) is 8.42 Å². The monoisotopic (exact) mass is 314 g/mol. The third-order valence-electron chi connectivity index (χ3n) is 2.84. The predicted molar refractivity (Wildman–Crippen MR) is 77.8 cm³/mol. The second kappa shape index (κ2) is 5.87. The zero-order valence-corrected chi connectivity index (χ0v) is 12.5. The average molecular weight is 315 g/mol. The number of rotatable bonds is 5. The highest BCUT2D eigenvalue weighted by Crippen LogP contribution is 2.27. The SMILES string of the molecule is CCN(Cc1ccco1)S(=O)(=O)c1ccc(N)cc1Cl. The summed E-state index contributed by atoms with van der Waals surface area (Å²) in [5.74, 6) is 0.571. The number of anilines is 1. The Morgan fingerprint density at radius 2 is 2.10 bits per heavy atom. The minimum Gasteiger partial charge on any atom is -0.468 e. The lowest BCUT2D eigenvalue weighted by molar-refractivity contribution is 0.375. The Morgan fingerprint density at radius 3 is 2.65 bits per heavy atom. The minimum absolute atomic E-state index is 0.0433. The van der Waals surface area contributed by atoms with E-state index in [1.54, 1.807) is 19.1 Å². The summed E-state index contributed by atoms with van der Waals surface area (Å²) in [6.45, 7) is 2.22. The highest BCUT2D eigenvalue weighted by molar-refractivity contribution is 7.89. The van der Waals surface area contributed by atoms with E-state index in [1.807, 2.05) is 0 Å². The first-order valence-corrected chi connectivity index (χ1v) is 7.84. The van der Waals surface area contributed by atoms with Crippen LogP contribution in [-0.2, 0) is 16.6 Å². The summed E-state index contributed by atoms with van der Waals surface area (Å²) in [6, 6.07) is 7.79. The van der Waals surface area contributed by atoms with Crippen LogP contribution >= 0.6 is 11.6 Å². The van der Waals surface area contributed by atoms with Crippen LogP contribution in [-0.4, -0.2) is 19.3 Å². The number of hydrogen-bond donors (Lipinski definition) is 1.